The van der Waals surface area contributed by atoms with Gasteiger partial charge in [0.1, 0.15) is 11.4 Å². The van der Waals surface area contributed by atoms with E-state index in [0.717, 1.165) is 9.31 Å². The maximum absolute atomic E-state index is 13.3. The number of alkyl carbamates (subject to hydrolysis) is 1. The third-order valence-electron chi connectivity index (χ3n) is 4.08. The number of nitrogens with one attached hydrogen (secondary N) is 1. The first-order valence-corrected chi connectivity index (χ1v) is 11.9. The van der Waals surface area contributed by atoms with E-state index in [4.69, 9.17) is 18.3 Å². The quantitative estimate of drug-likeness (QED) is 0.523. The first kappa shape index (κ1) is 25.6. The van der Waals surface area contributed by atoms with E-state index in [1.54, 1.807) is 65.0 Å². The van der Waals surface area contributed by atoms with Gasteiger partial charge in [-0.15, -0.1) is 0 Å². The second kappa shape index (κ2) is 10.8. The molecule has 1 heterocycles. The van der Waals surface area contributed by atoms with Crippen molar-refractivity contribution in [3.05, 3.63) is 51.4 Å². The number of carbonyl (C=O) groups is 1. The molecule has 0 aliphatic carbocycles. The van der Waals surface area contributed by atoms with Gasteiger partial charge in [-0.05, 0) is 46.8 Å². The molecule has 0 saturated heterocycles. The van der Waals surface area contributed by atoms with Gasteiger partial charge in [-0.25, -0.2) is 14.4 Å². The van der Waals surface area contributed by atoms with Gasteiger partial charge in [-0.3, -0.25) is 4.57 Å². The van der Waals surface area contributed by atoms with Crippen molar-refractivity contribution in [2.75, 3.05) is 13.2 Å². The molecule has 1 atom stereocenters. The minimum atomic E-state index is -3.82. The van der Waals surface area contributed by atoms with Crippen LogP contribution in [0, 0.1) is 0 Å². The maximum Gasteiger partial charge on any atom is 0.447 e. The summed E-state index contributed by atoms with van der Waals surface area (Å²) in [5.41, 5.74) is -1.14. The minimum Gasteiger partial charge on any atom is -0.444 e. The maximum atomic E-state index is 13.3. The normalized spacial score (nSPS) is 13.0. The first-order chi connectivity index (χ1) is 15.0. The summed E-state index contributed by atoms with van der Waals surface area (Å²) in [5, 5.41) is 2.51. The predicted molar refractivity (Wildman–Crippen MR) is 117 cm³/mol. The molecule has 178 valence electrons. The highest BCUT2D eigenvalue weighted by atomic mass is 31.2. The molecule has 0 radical (unpaired) electrons. The van der Waals surface area contributed by atoms with Crippen molar-refractivity contribution in [2.24, 2.45) is 0 Å². The van der Waals surface area contributed by atoms with Gasteiger partial charge in [-0.2, -0.15) is 9.31 Å². The van der Waals surface area contributed by atoms with Gasteiger partial charge < -0.3 is 23.6 Å². The van der Waals surface area contributed by atoms with Crippen molar-refractivity contribution < 1.29 is 27.7 Å². The lowest BCUT2D eigenvalue weighted by Crippen LogP contribution is -2.40. The highest BCUT2D eigenvalue weighted by molar-refractivity contribution is 7.54. The molecule has 32 heavy (non-hydrogen) atoms. The average Bonchev–Trinajstić information content (AvgIpc) is 2.98. The summed E-state index contributed by atoms with van der Waals surface area (Å²) in [4.78, 5) is 37.3. The van der Waals surface area contributed by atoms with Crippen molar-refractivity contribution in [1.82, 2.24) is 14.6 Å². The molecule has 11 nitrogen and oxygen atoms in total. The van der Waals surface area contributed by atoms with E-state index in [2.05, 4.69) is 5.32 Å². The second-order valence-electron chi connectivity index (χ2n) is 7.74. The zero-order valence-electron chi connectivity index (χ0n) is 18.9. The molecule has 2 rings (SSSR count). The van der Waals surface area contributed by atoms with Crippen LogP contribution in [0.5, 0.6) is 0 Å². The summed E-state index contributed by atoms with van der Waals surface area (Å²) < 4.78 is 36.1. The SMILES string of the molecule is CCOP(=O)(OCC)[C@@H](CCn1oc(=O)n(-c2ccccc2)c1=O)NC(=O)OC(C)(C)C. The molecule has 1 aromatic carbocycles. The van der Waals surface area contributed by atoms with Gasteiger partial charge in [0.15, 0.2) is 0 Å². The Morgan fingerprint density at radius 3 is 2.25 bits per heavy atom. The van der Waals surface area contributed by atoms with Crippen LogP contribution in [-0.2, 0) is 24.9 Å². The molecule has 1 amide bonds. The molecule has 2 aromatic rings. The molecule has 0 spiro atoms. The largest absolute Gasteiger partial charge is 0.447 e. The van der Waals surface area contributed by atoms with Gasteiger partial charge in [0.05, 0.1) is 25.4 Å². The van der Waals surface area contributed by atoms with Crippen molar-refractivity contribution in [2.45, 2.75) is 59.0 Å². The van der Waals surface area contributed by atoms with E-state index < -0.39 is 36.5 Å². The highest BCUT2D eigenvalue weighted by Gasteiger charge is 2.38. The summed E-state index contributed by atoms with van der Waals surface area (Å²) >= 11 is 0. The van der Waals surface area contributed by atoms with Crippen molar-refractivity contribution >= 4 is 13.7 Å². The molecule has 12 heteroatoms. The van der Waals surface area contributed by atoms with Gasteiger partial charge in [0, 0.05) is 6.42 Å². The predicted octanol–water partition coefficient (Wildman–Crippen LogP) is 3.10. The lowest BCUT2D eigenvalue weighted by Gasteiger charge is -2.28. The first-order valence-electron chi connectivity index (χ1n) is 10.3. The standard InChI is InChI=1S/C20H30N3O8P/c1-6-28-32(27,29-7-2)16(21-17(24)30-20(3,4)5)13-14-22-18(25)23(19(26)31-22)15-11-9-8-10-12-15/h8-12,16H,6-7,13-14H2,1-5H3,(H,21,24)/t16-/m0/s1. The van der Waals surface area contributed by atoms with Crippen LogP contribution in [0.1, 0.15) is 41.0 Å². The molecule has 0 aliphatic rings. The number of amides is 1. The second-order valence-corrected chi connectivity index (χ2v) is 9.96. The van der Waals surface area contributed by atoms with E-state index in [1.165, 1.54) is 0 Å². The van der Waals surface area contributed by atoms with Crippen molar-refractivity contribution in [1.29, 1.82) is 0 Å². The van der Waals surface area contributed by atoms with Crippen molar-refractivity contribution in [3.63, 3.8) is 0 Å². The molecular weight excluding hydrogens is 441 g/mol. The van der Waals surface area contributed by atoms with Crippen LogP contribution in [-0.4, -0.2) is 40.0 Å². The minimum absolute atomic E-state index is 0.0726. The highest BCUT2D eigenvalue weighted by Crippen LogP contribution is 2.53. The Morgan fingerprint density at radius 2 is 1.72 bits per heavy atom. The number of hydrogen-bond acceptors (Lipinski definition) is 8. The number of ether oxygens (including phenoxy) is 1. The fourth-order valence-electron chi connectivity index (χ4n) is 2.87. The van der Waals surface area contributed by atoms with E-state index in [9.17, 15) is 18.9 Å². The number of para-hydroxylation sites is 1. The number of carbonyl (C=O) groups excluding carboxylic acids is 1. The molecule has 0 unspecified atom stereocenters. The Balaban J connectivity index is 2.30. The Bertz CT molecular complexity index is 1040. The smallest absolute Gasteiger partial charge is 0.444 e. The molecule has 0 fully saturated rings. The molecule has 0 bridgehead atoms. The number of benzene rings is 1. The number of aromatic nitrogens is 2. The molecular formula is C20H30N3O8P. The zero-order chi connectivity index (χ0) is 23.9. The molecule has 0 saturated carbocycles. The molecule has 1 aromatic heterocycles. The molecule has 1 N–H and O–H groups in total. The Morgan fingerprint density at radius 1 is 1.12 bits per heavy atom. The third kappa shape index (κ3) is 6.69. The van der Waals surface area contributed by atoms with Crippen LogP contribution in [0.15, 0.2) is 44.4 Å². The third-order valence-corrected chi connectivity index (χ3v) is 6.47. The average molecular weight is 471 g/mol. The zero-order valence-corrected chi connectivity index (χ0v) is 19.8. The molecule has 0 aliphatic heterocycles. The van der Waals surface area contributed by atoms with E-state index in [0.29, 0.717) is 5.69 Å². The van der Waals surface area contributed by atoms with Crippen molar-refractivity contribution in [3.8, 4) is 5.69 Å². The lowest BCUT2D eigenvalue weighted by atomic mass is 10.2. The fraction of sp³-hybridized carbons (Fsp3) is 0.550. The van der Waals surface area contributed by atoms with E-state index in [-0.39, 0.29) is 26.2 Å². The Labute approximate surface area is 185 Å². The van der Waals surface area contributed by atoms with Crippen LogP contribution in [0.3, 0.4) is 0 Å². The number of nitrogens with zero attached hydrogens (tertiary/aromatic N) is 2. The van der Waals surface area contributed by atoms with Crippen LogP contribution in [0.2, 0.25) is 0 Å². The van der Waals surface area contributed by atoms with Gasteiger partial charge in [0.25, 0.3) is 0 Å². The van der Waals surface area contributed by atoms with Gasteiger partial charge >= 0.3 is 25.1 Å². The van der Waals surface area contributed by atoms with Gasteiger partial charge in [-0.1, -0.05) is 18.2 Å². The monoisotopic (exact) mass is 471 g/mol. The topological polar surface area (TPSA) is 131 Å². The Kier molecular flexibility index (Phi) is 8.65. The van der Waals surface area contributed by atoms with Crippen LogP contribution < -0.4 is 16.8 Å². The number of aryl methyl sites for hydroxylation is 1. The van der Waals surface area contributed by atoms with Crippen LogP contribution in [0.4, 0.5) is 4.79 Å². The fourth-order valence-corrected chi connectivity index (χ4v) is 4.72. The summed E-state index contributed by atoms with van der Waals surface area (Å²) in [5.74, 6) is -2.01. The van der Waals surface area contributed by atoms with E-state index in [1.807, 2.05) is 0 Å². The summed E-state index contributed by atoms with van der Waals surface area (Å²) in [7, 11) is -3.82. The summed E-state index contributed by atoms with van der Waals surface area (Å²) in [6.45, 7) is 8.32. The summed E-state index contributed by atoms with van der Waals surface area (Å²) in [6.07, 6.45) is -0.907. The van der Waals surface area contributed by atoms with E-state index >= 15 is 0 Å². The van der Waals surface area contributed by atoms with Gasteiger partial charge in [0.2, 0.25) is 0 Å². The summed E-state index contributed by atoms with van der Waals surface area (Å²) in [6, 6.07) is 8.29. The van der Waals surface area contributed by atoms with Crippen LogP contribution >= 0.6 is 7.60 Å². The lowest BCUT2D eigenvalue weighted by molar-refractivity contribution is 0.0503. The number of hydrogen-bond donors (Lipinski definition) is 1. The Hall–Kier alpha value is -2.62. The number of rotatable bonds is 10. The van der Waals surface area contributed by atoms with Crippen LogP contribution in [0.25, 0.3) is 5.69 Å².